The Labute approximate surface area is 192 Å². The van der Waals surface area contributed by atoms with E-state index in [0.717, 1.165) is 24.2 Å². The lowest BCUT2D eigenvalue weighted by Gasteiger charge is -2.29. The highest BCUT2D eigenvalue weighted by Crippen LogP contribution is 2.48. The summed E-state index contributed by atoms with van der Waals surface area (Å²) < 4.78 is 15.1. The summed E-state index contributed by atoms with van der Waals surface area (Å²) in [6.45, 7) is 5.04. The van der Waals surface area contributed by atoms with Gasteiger partial charge in [0.05, 0.1) is 19.2 Å². The van der Waals surface area contributed by atoms with Crippen molar-refractivity contribution in [2.75, 3.05) is 26.2 Å². The molecule has 11 nitrogen and oxygen atoms in total. The number of carbonyl (C=O) groups is 2. The van der Waals surface area contributed by atoms with Gasteiger partial charge < -0.3 is 30.6 Å². The van der Waals surface area contributed by atoms with Crippen LogP contribution in [-0.4, -0.2) is 75.3 Å². The standard InChI is InChI=1S/C19H34N3O8PS/c1-4-5-6-13-14(32-13)11-16(24)21-10-9-20-15(23)7-8-22-18(26)17(25)19(2,3)12-30-31(27,28)29/h11,13,17,25H,4-10,12H2,1-3H3,(H,20,23)(H,21,24)(H,22,26)(H2,27,28,29)/p+1/b14-11+/t13?,17-/m0/s1. The number of nitrogens with one attached hydrogen (secondary N) is 3. The molecule has 0 spiro atoms. The maximum absolute atomic E-state index is 12.0. The smallest absolute Gasteiger partial charge is 0.460 e. The van der Waals surface area contributed by atoms with E-state index >= 15 is 0 Å². The van der Waals surface area contributed by atoms with E-state index in [2.05, 4.69) is 27.1 Å². The van der Waals surface area contributed by atoms with Gasteiger partial charge in [0, 0.05) is 28.5 Å². The van der Waals surface area contributed by atoms with Gasteiger partial charge >= 0.3 is 13.7 Å². The number of hydrogen-bond donors (Lipinski definition) is 7. The van der Waals surface area contributed by atoms with Gasteiger partial charge in [-0.05, 0) is 6.42 Å². The van der Waals surface area contributed by atoms with Gasteiger partial charge in [-0.2, -0.15) is 0 Å². The van der Waals surface area contributed by atoms with Crippen LogP contribution in [0.2, 0.25) is 0 Å². The zero-order valence-electron chi connectivity index (χ0n) is 18.7. The van der Waals surface area contributed by atoms with Crippen molar-refractivity contribution in [2.24, 2.45) is 5.41 Å². The van der Waals surface area contributed by atoms with Gasteiger partial charge in [0.2, 0.25) is 11.8 Å². The minimum Gasteiger partial charge on any atom is -0.460 e. The number of carbonyl (C=O) groups excluding carboxylic acids is 2. The molecule has 0 bridgehead atoms. The summed E-state index contributed by atoms with van der Waals surface area (Å²) in [5, 5.41) is 25.5. The predicted octanol–water partition coefficient (Wildman–Crippen LogP) is -0.668. The number of thioether (sulfide) groups is 1. The highest BCUT2D eigenvalue weighted by atomic mass is 32.2. The van der Waals surface area contributed by atoms with Crippen LogP contribution in [0, 0.1) is 5.41 Å². The quantitative estimate of drug-likeness (QED) is 0.0509. The lowest BCUT2D eigenvalue weighted by atomic mass is 9.87. The second-order valence-corrected chi connectivity index (χ2v) is 10.7. The van der Waals surface area contributed by atoms with Gasteiger partial charge in [0.25, 0.3) is 0 Å². The third-order valence-corrected chi connectivity index (χ3v) is 6.30. The van der Waals surface area contributed by atoms with Crippen molar-refractivity contribution >= 4 is 37.3 Å². The minimum atomic E-state index is -4.72. The topological polar surface area (TPSA) is 179 Å². The molecule has 1 fully saturated rings. The molecule has 1 rings (SSSR count). The lowest BCUT2D eigenvalue weighted by Crippen LogP contribution is -2.74. The number of aliphatic hydroxyl groups is 2. The Morgan fingerprint density at radius 1 is 1.31 bits per heavy atom. The van der Waals surface area contributed by atoms with Crippen LogP contribution >= 0.6 is 19.6 Å². The zero-order chi connectivity index (χ0) is 24.4. The summed E-state index contributed by atoms with van der Waals surface area (Å²) in [4.78, 5) is 45.3. The largest absolute Gasteiger partial charge is 0.469 e. The molecule has 0 aromatic heterocycles. The molecule has 7 N–H and O–H groups in total. The fourth-order valence-corrected chi connectivity index (χ4v) is 4.01. The van der Waals surface area contributed by atoms with Gasteiger partial charge in [-0.15, -0.1) is 11.8 Å². The first-order valence-electron chi connectivity index (χ1n) is 10.5. The Balaban J connectivity index is 2.23. The summed E-state index contributed by atoms with van der Waals surface area (Å²) in [6, 6.07) is 0. The Morgan fingerprint density at radius 3 is 2.62 bits per heavy atom. The predicted molar refractivity (Wildman–Crippen MR) is 121 cm³/mol. The van der Waals surface area contributed by atoms with Crippen molar-refractivity contribution in [3.63, 3.8) is 0 Å². The maximum Gasteiger partial charge on any atom is 0.469 e. The van der Waals surface area contributed by atoms with E-state index in [0.29, 0.717) is 11.8 Å². The van der Waals surface area contributed by atoms with Crippen LogP contribution in [0.4, 0.5) is 0 Å². The van der Waals surface area contributed by atoms with Gasteiger partial charge in [0.1, 0.15) is 6.10 Å². The van der Waals surface area contributed by atoms with Gasteiger partial charge in [-0.25, -0.2) is 9.56 Å². The first kappa shape index (κ1) is 28.6. The van der Waals surface area contributed by atoms with Crippen LogP contribution in [0.3, 0.4) is 0 Å². The molecule has 32 heavy (non-hydrogen) atoms. The van der Waals surface area contributed by atoms with E-state index in [1.54, 1.807) is 17.8 Å². The van der Waals surface area contributed by atoms with Gasteiger partial charge in [0.15, 0.2) is 6.54 Å². The van der Waals surface area contributed by atoms with E-state index in [-0.39, 0.29) is 31.3 Å². The summed E-state index contributed by atoms with van der Waals surface area (Å²) in [5.41, 5.74) is -1.25. The van der Waals surface area contributed by atoms with Gasteiger partial charge in [-0.1, -0.05) is 33.6 Å². The van der Waals surface area contributed by atoms with Crippen LogP contribution in [0.5, 0.6) is 0 Å². The molecule has 1 aliphatic heterocycles. The third-order valence-electron chi connectivity index (χ3n) is 4.64. The zero-order valence-corrected chi connectivity index (χ0v) is 20.4. The molecule has 1 heterocycles. The molecule has 0 aliphatic carbocycles. The molecular formula is C19H35N3O8PS+. The third kappa shape index (κ3) is 12.0. The van der Waals surface area contributed by atoms with E-state index in [4.69, 9.17) is 9.79 Å². The van der Waals surface area contributed by atoms with Crippen molar-refractivity contribution in [3.05, 3.63) is 11.0 Å². The molecule has 13 heteroatoms. The van der Waals surface area contributed by atoms with E-state index < -0.39 is 31.9 Å². The molecule has 0 aromatic carbocycles. The number of unbranched alkanes of at least 4 members (excludes halogenated alkanes) is 1. The molecule has 1 aliphatic rings. The van der Waals surface area contributed by atoms with Crippen LogP contribution in [0.15, 0.2) is 11.0 Å². The molecule has 1 unspecified atom stereocenters. The molecule has 2 atom stereocenters. The van der Waals surface area contributed by atoms with E-state index in [1.165, 1.54) is 13.8 Å². The number of aliphatic hydroxyl groups excluding tert-OH is 2. The van der Waals surface area contributed by atoms with E-state index in [1.807, 2.05) is 0 Å². The SMILES string of the molecule is CCCCC1S/C1=C/C(O)=[NH+]CCNC(=O)CCNC(=O)[C@H](O)C(C)(C)COP(=O)(O)O. The number of phosphoric ester groups is 1. The first-order chi connectivity index (χ1) is 14.9. The Hall–Kier alpha value is -1.43. The van der Waals surface area contributed by atoms with Crippen LogP contribution in [0.1, 0.15) is 46.5 Å². The lowest BCUT2D eigenvalue weighted by molar-refractivity contribution is -0.462. The average molecular weight is 497 g/mol. The van der Waals surface area contributed by atoms with Gasteiger partial charge in [-0.3, -0.25) is 14.1 Å². The molecule has 184 valence electrons. The highest BCUT2D eigenvalue weighted by molar-refractivity contribution is 8.11. The fourth-order valence-electron chi connectivity index (χ4n) is 2.59. The summed E-state index contributed by atoms with van der Waals surface area (Å²) in [7, 11) is -4.72. The Kier molecular flexibility index (Phi) is 11.9. The molecule has 2 amide bonds. The van der Waals surface area contributed by atoms with Crippen molar-refractivity contribution in [1.82, 2.24) is 10.6 Å². The van der Waals surface area contributed by atoms with Crippen LogP contribution < -0.4 is 15.6 Å². The second kappa shape index (κ2) is 13.3. The summed E-state index contributed by atoms with van der Waals surface area (Å²) >= 11 is 1.74. The summed E-state index contributed by atoms with van der Waals surface area (Å²) in [6.07, 6.45) is 3.53. The van der Waals surface area contributed by atoms with Crippen LogP contribution in [0.25, 0.3) is 0 Å². The number of rotatable bonds is 15. The molecule has 0 radical (unpaired) electrons. The number of phosphoric acid groups is 1. The monoisotopic (exact) mass is 496 g/mol. The maximum atomic E-state index is 12.0. The summed E-state index contributed by atoms with van der Waals surface area (Å²) in [5.74, 6) is -1.03. The number of amides is 2. The van der Waals surface area contributed by atoms with Crippen molar-refractivity contribution < 1.29 is 43.7 Å². The molecule has 1 saturated heterocycles. The molecule has 0 saturated carbocycles. The van der Waals surface area contributed by atoms with Crippen LogP contribution in [-0.2, 0) is 18.7 Å². The Morgan fingerprint density at radius 2 is 2.00 bits per heavy atom. The fraction of sp³-hybridized carbons (Fsp3) is 0.737. The Bertz CT molecular complexity index is 753. The number of hydrogen-bond acceptors (Lipinski definition) is 6. The van der Waals surface area contributed by atoms with Crippen molar-refractivity contribution in [1.29, 1.82) is 0 Å². The normalized spacial score (nSPS) is 19.0. The molecule has 0 aromatic rings. The molecular weight excluding hydrogens is 461 g/mol. The average Bonchev–Trinajstić information content (AvgIpc) is 3.44. The second-order valence-electron chi connectivity index (χ2n) is 8.15. The van der Waals surface area contributed by atoms with Crippen molar-refractivity contribution in [2.45, 2.75) is 57.8 Å². The van der Waals surface area contributed by atoms with E-state index in [9.17, 15) is 24.4 Å². The van der Waals surface area contributed by atoms with Crippen molar-refractivity contribution in [3.8, 4) is 0 Å². The minimum absolute atomic E-state index is 0.0205. The first-order valence-corrected chi connectivity index (χ1v) is 12.9. The highest BCUT2D eigenvalue weighted by Gasteiger charge is 2.36.